The van der Waals surface area contributed by atoms with Crippen LogP contribution >= 0.6 is 11.8 Å². The minimum absolute atomic E-state index is 0.139. The Bertz CT molecular complexity index is 726. The smallest absolute Gasteiger partial charge is 0.0579 e. The largest absolute Gasteiger partial charge is 0.393 e. The molecule has 0 bridgehead atoms. The molecule has 11 atom stereocenters. The van der Waals surface area contributed by atoms with Crippen LogP contribution in [0.5, 0.6) is 0 Å². The molecule has 0 spiro atoms. The molecule has 3 nitrogen and oxygen atoms in total. The average Bonchev–Trinajstić information content (AvgIpc) is 2.98. The lowest BCUT2D eigenvalue weighted by atomic mass is 9.47. The third-order valence-electron chi connectivity index (χ3n) is 11.2. The molecule has 0 aromatic rings. The van der Waals surface area contributed by atoms with Crippen molar-refractivity contribution in [2.75, 3.05) is 6.54 Å². The lowest BCUT2D eigenvalue weighted by molar-refractivity contribution is -0.0692. The summed E-state index contributed by atoms with van der Waals surface area (Å²) < 4.78 is 2.08. The number of piperidine rings is 1. The molecule has 3 saturated carbocycles. The third-order valence-corrected chi connectivity index (χ3v) is 11.6. The number of rotatable bonds is 2. The molecule has 1 saturated heterocycles. The molecule has 11 unspecified atom stereocenters. The van der Waals surface area contributed by atoms with Gasteiger partial charge in [-0.15, -0.1) is 0 Å². The van der Waals surface area contributed by atoms with Crippen LogP contribution in [0, 0.1) is 46.3 Å². The Morgan fingerprint density at radius 3 is 2.61 bits per heavy atom. The molecule has 4 fully saturated rings. The first-order valence-corrected chi connectivity index (χ1v) is 13.5. The van der Waals surface area contributed by atoms with Gasteiger partial charge in [0, 0.05) is 12.6 Å². The van der Waals surface area contributed by atoms with Crippen molar-refractivity contribution in [2.45, 2.75) is 104 Å². The van der Waals surface area contributed by atoms with Gasteiger partial charge in [0.25, 0.3) is 0 Å². The van der Waals surface area contributed by atoms with Crippen LogP contribution in [0.25, 0.3) is 0 Å². The zero-order valence-corrected chi connectivity index (χ0v) is 20.8. The first-order valence-electron chi connectivity index (χ1n) is 13.1. The van der Waals surface area contributed by atoms with Crippen LogP contribution in [0.3, 0.4) is 0 Å². The highest BCUT2D eigenvalue weighted by molar-refractivity contribution is 6.13. The fourth-order valence-electron chi connectivity index (χ4n) is 9.52. The average molecular weight is 450 g/mol. The summed E-state index contributed by atoms with van der Waals surface area (Å²) in [7, 11) is 0. The minimum Gasteiger partial charge on any atom is -0.393 e. The summed E-state index contributed by atoms with van der Waals surface area (Å²) in [4.78, 5) is 0. The Balaban J connectivity index is 1.40. The molecule has 0 radical (unpaired) electrons. The Morgan fingerprint density at radius 2 is 1.87 bits per heavy atom. The summed E-state index contributed by atoms with van der Waals surface area (Å²) in [5.74, 6) is 3.48. The first-order chi connectivity index (χ1) is 14.6. The molecule has 31 heavy (non-hydrogen) atoms. The molecule has 1 aliphatic heterocycles. The first kappa shape index (κ1) is 22.7. The molecule has 0 aromatic heterocycles. The van der Waals surface area contributed by atoms with E-state index >= 15 is 0 Å². The van der Waals surface area contributed by atoms with Crippen molar-refractivity contribution in [1.82, 2.24) is 4.42 Å². The van der Waals surface area contributed by atoms with Gasteiger partial charge in [-0.3, -0.25) is 0 Å². The summed E-state index contributed by atoms with van der Waals surface area (Å²) in [6.45, 7) is 10.7. The number of fused-ring (bicyclic) bond motifs is 5. The van der Waals surface area contributed by atoms with E-state index in [0.717, 1.165) is 51.0 Å². The molecule has 176 valence electrons. The molecular weight excluding hydrogens is 406 g/mol. The summed E-state index contributed by atoms with van der Waals surface area (Å²) in [6, 6.07) is 0.390. The lowest BCUT2D eigenvalue weighted by Crippen LogP contribution is -2.52. The second kappa shape index (κ2) is 8.00. The van der Waals surface area contributed by atoms with E-state index in [2.05, 4.69) is 38.2 Å². The minimum atomic E-state index is -0.195. The lowest BCUT2D eigenvalue weighted by Gasteiger charge is -2.58. The quantitative estimate of drug-likeness (QED) is 0.414. The van der Waals surface area contributed by atoms with Crippen LogP contribution in [0.15, 0.2) is 11.6 Å². The number of hydrogen-bond donors (Lipinski definition) is 2. The van der Waals surface area contributed by atoms with Crippen LogP contribution in [-0.4, -0.2) is 39.4 Å². The number of nitrogens with zero attached hydrogens (tertiary/aromatic N) is 1. The highest BCUT2D eigenvalue weighted by Gasteiger charge is 2.62. The second-order valence-corrected chi connectivity index (χ2v) is 13.2. The number of aliphatic hydroxyl groups is 2. The maximum absolute atomic E-state index is 11.4. The van der Waals surface area contributed by atoms with Gasteiger partial charge in [0.15, 0.2) is 0 Å². The van der Waals surface area contributed by atoms with Crippen LogP contribution in [0.4, 0.5) is 0 Å². The Morgan fingerprint density at radius 1 is 1.10 bits per heavy atom. The van der Waals surface area contributed by atoms with Gasteiger partial charge >= 0.3 is 0 Å². The normalized spacial score (nSPS) is 53.8. The summed E-state index contributed by atoms with van der Waals surface area (Å²) in [5.41, 5.74) is 2.02. The van der Waals surface area contributed by atoms with E-state index in [1.54, 1.807) is 0 Å². The van der Waals surface area contributed by atoms with Crippen molar-refractivity contribution in [2.24, 2.45) is 46.3 Å². The molecule has 4 heteroatoms. The maximum Gasteiger partial charge on any atom is 0.0579 e. The molecule has 1 heterocycles. The van der Waals surface area contributed by atoms with E-state index in [1.165, 1.54) is 24.8 Å². The van der Waals surface area contributed by atoms with Gasteiger partial charge < -0.3 is 10.2 Å². The number of aliphatic hydroxyl groups excluding tert-OH is 2. The zero-order valence-electron chi connectivity index (χ0n) is 20.1. The van der Waals surface area contributed by atoms with Gasteiger partial charge in [0.1, 0.15) is 0 Å². The van der Waals surface area contributed by atoms with Crippen molar-refractivity contribution < 1.29 is 10.2 Å². The molecule has 0 amide bonds. The van der Waals surface area contributed by atoms with Crippen molar-refractivity contribution in [3.05, 3.63) is 11.6 Å². The van der Waals surface area contributed by atoms with Crippen molar-refractivity contribution in [3.63, 3.8) is 0 Å². The maximum atomic E-state index is 11.4. The van der Waals surface area contributed by atoms with Gasteiger partial charge in [0.2, 0.25) is 0 Å². The zero-order chi connectivity index (χ0) is 22.1. The fourth-order valence-corrected chi connectivity index (χ4v) is 10.0. The van der Waals surface area contributed by atoms with Crippen LogP contribution in [0.1, 0.15) is 85.5 Å². The fraction of sp³-hybridized carbons (Fsp3) is 0.926. The SMILES string of the molecule is CC1CCC(C(C)C2C(O)CC3C4CC=C5CC(O)CCC5(C)C4CCC32C)N(Cl)C1. The molecule has 0 aromatic carbocycles. The van der Waals surface area contributed by atoms with E-state index in [0.29, 0.717) is 35.6 Å². The van der Waals surface area contributed by atoms with Gasteiger partial charge in [-0.05, 0) is 116 Å². The van der Waals surface area contributed by atoms with Gasteiger partial charge in [-0.2, -0.15) is 0 Å². The third kappa shape index (κ3) is 3.47. The Hall–Kier alpha value is -0.0900. The predicted molar refractivity (Wildman–Crippen MR) is 126 cm³/mol. The monoisotopic (exact) mass is 449 g/mol. The number of hydrogen-bond acceptors (Lipinski definition) is 3. The molecule has 4 aliphatic carbocycles. The molecular formula is C27H44ClNO2. The van der Waals surface area contributed by atoms with Gasteiger partial charge in [-0.1, -0.05) is 39.3 Å². The van der Waals surface area contributed by atoms with Gasteiger partial charge in [-0.25, -0.2) is 4.42 Å². The van der Waals surface area contributed by atoms with Crippen LogP contribution < -0.4 is 0 Å². The van der Waals surface area contributed by atoms with Gasteiger partial charge in [0.05, 0.1) is 12.2 Å². The topological polar surface area (TPSA) is 43.7 Å². The predicted octanol–water partition coefficient (Wildman–Crippen LogP) is 5.79. The molecule has 2 N–H and O–H groups in total. The van der Waals surface area contributed by atoms with E-state index in [1.807, 2.05) is 0 Å². The van der Waals surface area contributed by atoms with Crippen molar-refractivity contribution in [3.8, 4) is 0 Å². The van der Waals surface area contributed by atoms with E-state index in [4.69, 9.17) is 11.8 Å². The molecule has 5 aliphatic rings. The van der Waals surface area contributed by atoms with E-state index < -0.39 is 0 Å². The van der Waals surface area contributed by atoms with Crippen molar-refractivity contribution >= 4 is 11.8 Å². The van der Waals surface area contributed by atoms with Crippen molar-refractivity contribution in [1.29, 1.82) is 0 Å². The van der Waals surface area contributed by atoms with E-state index in [9.17, 15) is 10.2 Å². The standard InChI is InChI=1S/C27H44ClNO2/c1-16-5-8-23(29(28)15-16)17(2)25-24(31)14-22-20-7-6-18-13-19(30)9-11-26(18,3)21(20)10-12-27(22,25)4/h6,16-17,19-25,30-31H,5,7-15H2,1-4H3. The Kier molecular flexibility index (Phi) is 5.85. The van der Waals surface area contributed by atoms with Crippen LogP contribution in [0.2, 0.25) is 0 Å². The number of allylic oxidation sites excluding steroid dienone is 1. The highest BCUT2D eigenvalue weighted by Crippen LogP contribution is 2.67. The number of halogens is 1. The Labute approximate surface area is 194 Å². The summed E-state index contributed by atoms with van der Waals surface area (Å²) in [6.07, 6.45) is 12.2. The second-order valence-electron chi connectivity index (χ2n) is 12.7. The van der Waals surface area contributed by atoms with E-state index in [-0.39, 0.29) is 23.0 Å². The summed E-state index contributed by atoms with van der Waals surface area (Å²) >= 11 is 6.76. The highest BCUT2D eigenvalue weighted by atomic mass is 35.5. The molecule has 5 rings (SSSR count). The summed E-state index contributed by atoms with van der Waals surface area (Å²) in [5, 5.41) is 21.7. The van der Waals surface area contributed by atoms with Crippen LogP contribution in [-0.2, 0) is 0 Å².